The smallest absolute Gasteiger partial charge is 0.263 e. The minimum Gasteiger partial charge on any atom is -0.386 e. The van der Waals surface area contributed by atoms with E-state index in [1.54, 1.807) is 12.4 Å². The second kappa shape index (κ2) is 8.85. The Morgan fingerprint density at radius 1 is 1.14 bits per heavy atom. The second-order valence-corrected chi connectivity index (χ2v) is 9.81. The maximum absolute atomic E-state index is 14.1. The van der Waals surface area contributed by atoms with E-state index < -0.39 is 0 Å². The summed E-state index contributed by atoms with van der Waals surface area (Å²) in [7, 11) is 0. The van der Waals surface area contributed by atoms with Crippen molar-refractivity contribution in [1.29, 1.82) is 0 Å². The summed E-state index contributed by atoms with van der Waals surface area (Å²) in [5.74, 6) is 0.400. The van der Waals surface area contributed by atoms with Gasteiger partial charge in [-0.1, -0.05) is 50.2 Å². The van der Waals surface area contributed by atoms with E-state index in [9.17, 15) is 4.79 Å². The quantitative estimate of drug-likeness (QED) is 0.442. The molecule has 9 nitrogen and oxygen atoms in total. The Balaban J connectivity index is 1.55. The SMILES string of the molecule is Cc1cccc2cc(CN3N=C(c4cn[nH]c4)C4C(N)=NC=NC43)n(-c3ccccc3C(C)C)c(=O)c12. The first-order valence-electron chi connectivity index (χ1n) is 12.4. The third kappa shape index (κ3) is 3.74. The van der Waals surface area contributed by atoms with Crippen LogP contribution in [-0.4, -0.2) is 43.8 Å². The number of aromatic nitrogens is 3. The highest BCUT2D eigenvalue weighted by molar-refractivity contribution is 6.17. The van der Waals surface area contributed by atoms with Crippen LogP contribution in [0.25, 0.3) is 16.5 Å². The van der Waals surface area contributed by atoms with Gasteiger partial charge in [-0.2, -0.15) is 10.2 Å². The van der Waals surface area contributed by atoms with Crippen molar-refractivity contribution in [2.75, 3.05) is 0 Å². The predicted octanol–water partition coefficient (Wildman–Crippen LogP) is 3.71. The zero-order valence-electron chi connectivity index (χ0n) is 21.0. The van der Waals surface area contributed by atoms with Crippen molar-refractivity contribution in [3.05, 3.63) is 93.7 Å². The van der Waals surface area contributed by atoms with Crippen molar-refractivity contribution < 1.29 is 0 Å². The van der Waals surface area contributed by atoms with E-state index in [1.807, 2.05) is 52.9 Å². The normalized spacial score (nSPS) is 18.9. The molecule has 0 radical (unpaired) electrons. The van der Waals surface area contributed by atoms with Crippen LogP contribution in [0, 0.1) is 12.8 Å². The number of aryl methyl sites for hydroxylation is 1. The Hall–Kier alpha value is -4.53. The lowest BCUT2D eigenvalue weighted by Crippen LogP contribution is -2.42. The van der Waals surface area contributed by atoms with Gasteiger partial charge in [-0.15, -0.1) is 0 Å². The van der Waals surface area contributed by atoms with Crippen molar-refractivity contribution in [3.63, 3.8) is 0 Å². The molecular weight excluding hydrogens is 464 g/mol. The molecule has 0 saturated heterocycles. The van der Waals surface area contributed by atoms with Crippen LogP contribution in [0.15, 0.2) is 80.8 Å². The Kier molecular flexibility index (Phi) is 5.48. The van der Waals surface area contributed by atoms with Crippen LogP contribution in [0.3, 0.4) is 0 Å². The number of aliphatic imine (C=N–C) groups is 2. The fourth-order valence-corrected chi connectivity index (χ4v) is 5.35. The molecule has 186 valence electrons. The van der Waals surface area contributed by atoms with Crippen LogP contribution >= 0.6 is 0 Å². The Morgan fingerprint density at radius 3 is 2.76 bits per heavy atom. The highest BCUT2D eigenvalue weighted by atomic mass is 16.1. The zero-order valence-corrected chi connectivity index (χ0v) is 21.0. The molecule has 3 N–H and O–H groups in total. The lowest BCUT2D eigenvalue weighted by atomic mass is 9.95. The number of pyridine rings is 1. The molecular formula is C28H28N8O. The van der Waals surface area contributed by atoms with E-state index in [1.165, 1.54) is 6.34 Å². The van der Waals surface area contributed by atoms with Gasteiger partial charge in [0.2, 0.25) is 0 Å². The summed E-state index contributed by atoms with van der Waals surface area (Å²) >= 11 is 0. The number of para-hydroxylation sites is 1. The van der Waals surface area contributed by atoms with Gasteiger partial charge in [-0.05, 0) is 41.5 Å². The van der Waals surface area contributed by atoms with Gasteiger partial charge in [-0.3, -0.25) is 19.5 Å². The summed E-state index contributed by atoms with van der Waals surface area (Å²) in [4.78, 5) is 23.0. The number of rotatable bonds is 5. The number of nitrogens with two attached hydrogens (primary N) is 1. The molecule has 2 unspecified atom stereocenters. The minimum absolute atomic E-state index is 0.0401. The molecule has 0 aliphatic carbocycles. The Labute approximate surface area is 214 Å². The third-order valence-corrected chi connectivity index (χ3v) is 7.13. The third-order valence-electron chi connectivity index (χ3n) is 7.13. The molecule has 2 aromatic heterocycles. The topological polar surface area (TPSA) is 117 Å². The van der Waals surface area contributed by atoms with Gasteiger partial charge >= 0.3 is 0 Å². The van der Waals surface area contributed by atoms with E-state index in [0.29, 0.717) is 12.4 Å². The number of fused-ring (bicyclic) bond motifs is 2. The molecule has 0 fully saturated rings. The van der Waals surface area contributed by atoms with Crippen LogP contribution in [0.2, 0.25) is 0 Å². The van der Waals surface area contributed by atoms with Crippen molar-refractivity contribution in [3.8, 4) is 5.69 Å². The number of hydrogen-bond acceptors (Lipinski definition) is 7. The first-order valence-corrected chi connectivity index (χ1v) is 12.4. The number of nitrogens with one attached hydrogen (secondary N) is 1. The summed E-state index contributed by atoms with van der Waals surface area (Å²) in [6.45, 7) is 6.62. The molecule has 4 aromatic rings. The van der Waals surface area contributed by atoms with Crippen molar-refractivity contribution in [1.82, 2.24) is 19.8 Å². The molecule has 37 heavy (non-hydrogen) atoms. The number of hydrazone groups is 1. The van der Waals surface area contributed by atoms with Gasteiger partial charge in [0.05, 0.1) is 29.5 Å². The maximum atomic E-state index is 14.1. The summed E-state index contributed by atoms with van der Waals surface area (Å²) in [6.07, 6.45) is 4.64. The van der Waals surface area contributed by atoms with E-state index in [2.05, 4.69) is 46.2 Å². The summed E-state index contributed by atoms with van der Waals surface area (Å²) in [5, 5.41) is 15.4. The fourth-order valence-electron chi connectivity index (χ4n) is 5.35. The minimum atomic E-state index is -0.362. The monoisotopic (exact) mass is 492 g/mol. The molecule has 2 aromatic carbocycles. The molecule has 2 aliphatic heterocycles. The van der Waals surface area contributed by atoms with Gasteiger partial charge in [0, 0.05) is 17.5 Å². The predicted molar refractivity (Wildman–Crippen MR) is 146 cm³/mol. The summed E-state index contributed by atoms with van der Waals surface area (Å²) in [6, 6.07) is 16.1. The molecule has 2 aliphatic rings. The zero-order chi connectivity index (χ0) is 25.7. The fraction of sp³-hybridized carbons (Fsp3) is 0.250. The maximum Gasteiger partial charge on any atom is 0.263 e. The summed E-state index contributed by atoms with van der Waals surface area (Å²) in [5.41, 5.74) is 11.6. The molecule has 0 amide bonds. The highest BCUT2D eigenvalue weighted by Gasteiger charge is 2.42. The lowest BCUT2D eigenvalue weighted by Gasteiger charge is -2.27. The van der Waals surface area contributed by atoms with Crippen LogP contribution < -0.4 is 11.3 Å². The van der Waals surface area contributed by atoms with E-state index in [-0.39, 0.29) is 23.6 Å². The average Bonchev–Trinajstić information content (AvgIpc) is 3.53. The van der Waals surface area contributed by atoms with E-state index >= 15 is 0 Å². The molecule has 6 rings (SSSR count). The molecule has 0 bridgehead atoms. The van der Waals surface area contributed by atoms with Gasteiger partial charge in [0.1, 0.15) is 18.1 Å². The van der Waals surface area contributed by atoms with Crippen molar-refractivity contribution in [2.24, 2.45) is 26.7 Å². The van der Waals surface area contributed by atoms with Crippen molar-refractivity contribution in [2.45, 2.75) is 39.4 Å². The van der Waals surface area contributed by atoms with E-state index in [0.717, 1.165) is 44.6 Å². The number of H-pyrrole nitrogens is 1. The number of benzene rings is 2. The first-order chi connectivity index (χ1) is 17.9. The van der Waals surface area contributed by atoms with Crippen molar-refractivity contribution >= 4 is 28.7 Å². The Bertz CT molecular complexity index is 1640. The molecule has 2 atom stereocenters. The van der Waals surface area contributed by atoms with Gasteiger partial charge < -0.3 is 5.73 Å². The highest BCUT2D eigenvalue weighted by Crippen LogP contribution is 2.32. The van der Waals surface area contributed by atoms with Crippen LogP contribution in [0.1, 0.15) is 42.1 Å². The first kappa shape index (κ1) is 22.9. The molecule has 4 heterocycles. The van der Waals surface area contributed by atoms with Crippen LogP contribution in [0.4, 0.5) is 0 Å². The standard InChI is InChI=1S/C28H28N8O/c1-16(2)21-9-4-5-10-22(21)36-20(11-18-8-6-7-17(3)23(18)28(36)37)14-35-27-24(26(29)30-15-31-27)25(34-35)19-12-32-33-13-19/h4-13,15-16,24,27H,14H2,1-3H3,(H,32,33)(H2,29,30,31). The molecule has 0 saturated carbocycles. The van der Waals surface area contributed by atoms with Crippen LogP contribution in [0.5, 0.6) is 0 Å². The summed E-state index contributed by atoms with van der Waals surface area (Å²) < 4.78 is 1.84. The number of amidine groups is 1. The van der Waals surface area contributed by atoms with E-state index in [4.69, 9.17) is 10.8 Å². The molecule has 0 spiro atoms. The second-order valence-electron chi connectivity index (χ2n) is 9.81. The van der Waals surface area contributed by atoms with Gasteiger partial charge in [-0.25, -0.2) is 9.98 Å². The number of aromatic amines is 1. The lowest BCUT2D eigenvalue weighted by molar-refractivity contribution is 0.210. The number of hydrogen-bond donors (Lipinski definition) is 2. The van der Waals surface area contributed by atoms with Crippen LogP contribution in [-0.2, 0) is 6.54 Å². The number of nitrogens with zero attached hydrogens (tertiary/aromatic N) is 6. The van der Waals surface area contributed by atoms with Gasteiger partial charge in [0.15, 0.2) is 6.17 Å². The van der Waals surface area contributed by atoms with Gasteiger partial charge in [0.25, 0.3) is 5.56 Å². The average molecular weight is 493 g/mol. The Morgan fingerprint density at radius 2 is 1.97 bits per heavy atom. The molecule has 9 heteroatoms. The largest absolute Gasteiger partial charge is 0.386 e.